The van der Waals surface area contributed by atoms with Crippen LogP contribution in [0.4, 0.5) is 0 Å². The second kappa shape index (κ2) is 10.7. The Hall–Kier alpha value is -1.43. The largest absolute Gasteiger partial charge is 0.504 e. The molecule has 0 saturated heterocycles. The average Bonchev–Trinajstić information content (AvgIpc) is 2.55. The molecule has 6 heteroatoms. The number of ether oxygens (including phenoxy) is 2. The summed E-state index contributed by atoms with van der Waals surface area (Å²) in [5.41, 5.74) is 3.39. The minimum absolute atomic E-state index is 0. The standard InChI is InChI=1S/C20H26BrNO3.ClH/c1-13-9-17(21)10-14(2)20(13)25-12-15(3)22-8-7-16-5-6-18(23)19(11-16)24-4;/h5-6,9-11,15,22-23H,7-8,12H2,1-4H3;1H. The summed E-state index contributed by atoms with van der Waals surface area (Å²) in [5, 5.41) is 13.1. The van der Waals surface area contributed by atoms with Crippen LogP contribution in [0.3, 0.4) is 0 Å². The highest BCUT2D eigenvalue weighted by Gasteiger charge is 2.09. The summed E-state index contributed by atoms with van der Waals surface area (Å²) in [6.45, 7) is 7.67. The third kappa shape index (κ3) is 6.38. The van der Waals surface area contributed by atoms with Gasteiger partial charge in [-0.2, -0.15) is 0 Å². The van der Waals surface area contributed by atoms with Crippen LogP contribution in [0.5, 0.6) is 17.2 Å². The van der Waals surface area contributed by atoms with E-state index in [1.54, 1.807) is 13.2 Å². The number of aromatic hydroxyl groups is 1. The number of nitrogens with one attached hydrogen (secondary N) is 1. The fraction of sp³-hybridized carbons (Fsp3) is 0.400. The number of phenols is 1. The van der Waals surface area contributed by atoms with Gasteiger partial charge in [0.25, 0.3) is 0 Å². The minimum Gasteiger partial charge on any atom is -0.504 e. The van der Waals surface area contributed by atoms with E-state index >= 15 is 0 Å². The van der Waals surface area contributed by atoms with Crippen LogP contribution in [0.25, 0.3) is 0 Å². The Labute approximate surface area is 170 Å². The molecule has 0 aromatic heterocycles. The summed E-state index contributed by atoms with van der Waals surface area (Å²) in [5.74, 6) is 1.64. The molecule has 4 nitrogen and oxygen atoms in total. The predicted molar refractivity (Wildman–Crippen MR) is 112 cm³/mol. The van der Waals surface area contributed by atoms with Crippen LogP contribution in [0.15, 0.2) is 34.8 Å². The van der Waals surface area contributed by atoms with Crippen LogP contribution in [-0.2, 0) is 6.42 Å². The van der Waals surface area contributed by atoms with Gasteiger partial charge in [0.05, 0.1) is 7.11 Å². The molecular formula is C20H27BrClNO3. The van der Waals surface area contributed by atoms with Gasteiger partial charge in [-0.25, -0.2) is 0 Å². The molecule has 0 saturated carbocycles. The molecule has 1 atom stereocenters. The summed E-state index contributed by atoms with van der Waals surface area (Å²) < 4.78 is 12.2. The molecule has 0 aliphatic carbocycles. The van der Waals surface area contributed by atoms with E-state index in [0.29, 0.717) is 12.4 Å². The van der Waals surface area contributed by atoms with E-state index < -0.39 is 0 Å². The maximum absolute atomic E-state index is 9.63. The van der Waals surface area contributed by atoms with Gasteiger partial charge in [-0.3, -0.25) is 0 Å². The second-order valence-corrected chi connectivity index (χ2v) is 7.21. The van der Waals surface area contributed by atoms with Gasteiger partial charge in [0.2, 0.25) is 0 Å². The molecule has 1 unspecified atom stereocenters. The van der Waals surface area contributed by atoms with Gasteiger partial charge in [-0.1, -0.05) is 22.0 Å². The van der Waals surface area contributed by atoms with Gasteiger partial charge in [0.1, 0.15) is 12.4 Å². The molecule has 0 bridgehead atoms. The highest BCUT2D eigenvalue weighted by molar-refractivity contribution is 9.10. The number of phenolic OH excluding ortho intramolecular Hbond substituents is 1. The number of aryl methyl sites for hydroxylation is 2. The van der Waals surface area contributed by atoms with Crippen molar-refractivity contribution in [1.29, 1.82) is 0 Å². The summed E-state index contributed by atoms with van der Waals surface area (Å²) in [7, 11) is 1.56. The summed E-state index contributed by atoms with van der Waals surface area (Å²) in [6.07, 6.45) is 0.858. The third-order valence-electron chi connectivity index (χ3n) is 4.05. The van der Waals surface area contributed by atoms with Gasteiger partial charge in [0.15, 0.2) is 11.5 Å². The van der Waals surface area contributed by atoms with Gasteiger partial charge >= 0.3 is 0 Å². The normalized spacial score (nSPS) is 11.6. The van der Waals surface area contributed by atoms with Gasteiger partial charge < -0.3 is 19.9 Å². The lowest BCUT2D eigenvalue weighted by atomic mass is 10.1. The molecule has 0 aliphatic rings. The molecule has 26 heavy (non-hydrogen) atoms. The van der Waals surface area contributed by atoms with Crippen LogP contribution in [-0.4, -0.2) is 31.4 Å². The Morgan fingerprint density at radius 2 is 1.81 bits per heavy atom. The van der Waals surface area contributed by atoms with Crippen molar-refractivity contribution in [2.24, 2.45) is 0 Å². The van der Waals surface area contributed by atoms with Gasteiger partial charge in [-0.05, 0) is 74.7 Å². The Morgan fingerprint density at radius 3 is 2.42 bits per heavy atom. The van der Waals surface area contributed by atoms with Crippen molar-refractivity contribution in [3.8, 4) is 17.2 Å². The molecule has 0 heterocycles. The molecular weight excluding hydrogens is 418 g/mol. The molecule has 0 radical (unpaired) electrons. The number of benzene rings is 2. The highest BCUT2D eigenvalue weighted by atomic mass is 79.9. The Balaban J connectivity index is 0.00000338. The molecule has 2 rings (SSSR count). The van der Waals surface area contributed by atoms with Crippen molar-refractivity contribution in [3.63, 3.8) is 0 Å². The molecule has 0 spiro atoms. The number of halogens is 2. The van der Waals surface area contributed by atoms with Crippen molar-refractivity contribution in [1.82, 2.24) is 5.32 Å². The van der Waals surface area contributed by atoms with Crippen molar-refractivity contribution in [2.45, 2.75) is 33.2 Å². The molecule has 0 fully saturated rings. The van der Waals surface area contributed by atoms with E-state index in [4.69, 9.17) is 9.47 Å². The zero-order chi connectivity index (χ0) is 18.4. The lowest BCUT2D eigenvalue weighted by Gasteiger charge is -2.18. The molecule has 2 N–H and O–H groups in total. The molecule has 0 aliphatic heterocycles. The summed E-state index contributed by atoms with van der Waals surface area (Å²) in [4.78, 5) is 0. The SMILES string of the molecule is COc1cc(CCNC(C)COc2c(C)cc(Br)cc2C)ccc1O.Cl. The molecule has 2 aromatic carbocycles. The monoisotopic (exact) mass is 443 g/mol. The lowest BCUT2D eigenvalue weighted by Crippen LogP contribution is -2.33. The average molecular weight is 445 g/mol. The first kappa shape index (κ1) is 22.6. The highest BCUT2D eigenvalue weighted by Crippen LogP contribution is 2.28. The number of rotatable bonds is 8. The first-order valence-corrected chi connectivity index (χ1v) is 9.18. The van der Waals surface area contributed by atoms with Crippen molar-refractivity contribution < 1.29 is 14.6 Å². The smallest absolute Gasteiger partial charge is 0.160 e. The van der Waals surface area contributed by atoms with Crippen LogP contribution in [0.2, 0.25) is 0 Å². The Morgan fingerprint density at radius 1 is 1.15 bits per heavy atom. The van der Waals surface area contributed by atoms with Crippen LogP contribution < -0.4 is 14.8 Å². The maximum atomic E-state index is 9.63. The summed E-state index contributed by atoms with van der Waals surface area (Å²) in [6, 6.07) is 9.82. The predicted octanol–water partition coefficient (Wildman–Crippen LogP) is 4.80. The van der Waals surface area contributed by atoms with E-state index in [1.165, 1.54) is 0 Å². The van der Waals surface area contributed by atoms with Crippen molar-refractivity contribution in [2.75, 3.05) is 20.3 Å². The molecule has 0 amide bonds. The van der Waals surface area contributed by atoms with Crippen molar-refractivity contribution >= 4 is 28.3 Å². The summed E-state index contributed by atoms with van der Waals surface area (Å²) >= 11 is 3.51. The van der Waals surface area contributed by atoms with E-state index in [9.17, 15) is 5.11 Å². The fourth-order valence-corrected chi connectivity index (χ4v) is 3.42. The number of hydrogen-bond donors (Lipinski definition) is 2. The zero-order valence-electron chi connectivity index (χ0n) is 15.6. The first-order valence-electron chi connectivity index (χ1n) is 8.39. The number of methoxy groups -OCH3 is 1. The molecule has 2 aromatic rings. The number of hydrogen-bond acceptors (Lipinski definition) is 4. The maximum Gasteiger partial charge on any atom is 0.160 e. The Kier molecular flexibility index (Phi) is 9.27. The second-order valence-electron chi connectivity index (χ2n) is 6.29. The molecule has 144 valence electrons. The van der Waals surface area contributed by atoms with Gasteiger partial charge in [-0.15, -0.1) is 12.4 Å². The fourth-order valence-electron chi connectivity index (χ4n) is 2.73. The van der Waals surface area contributed by atoms with Crippen molar-refractivity contribution in [3.05, 3.63) is 51.5 Å². The zero-order valence-corrected chi connectivity index (χ0v) is 18.0. The lowest BCUT2D eigenvalue weighted by molar-refractivity contribution is 0.271. The van der Waals surface area contributed by atoms with Crippen LogP contribution in [0.1, 0.15) is 23.6 Å². The third-order valence-corrected chi connectivity index (χ3v) is 4.51. The van der Waals surface area contributed by atoms with E-state index in [-0.39, 0.29) is 24.2 Å². The first-order chi connectivity index (χ1) is 11.9. The van der Waals surface area contributed by atoms with Crippen LogP contribution >= 0.6 is 28.3 Å². The van der Waals surface area contributed by atoms with Gasteiger partial charge in [0, 0.05) is 10.5 Å². The van der Waals surface area contributed by atoms with E-state index in [2.05, 4.69) is 54.2 Å². The quantitative estimate of drug-likeness (QED) is 0.614. The van der Waals surface area contributed by atoms with E-state index in [0.717, 1.165) is 39.9 Å². The Bertz CT molecular complexity index is 701. The minimum atomic E-state index is 0. The van der Waals surface area contributed by atoms with Crippen LogP contribution in [0, 0.1) is 13.8 Å². The van der Waals surface area contributed by atoms with E-state index in [1.807, 2.05) is 12.1 Å². The topological polar surface area (TPSA) is 50.7 Å².